The van der Waals surface area contributed by atoms with E-state index < -0.39 is 0 Å². The number of carbonyl (C=O) groups is 1. The van der Waals surface area contributed by atoms with Crippen molar-refractivity contribution < 1.29 is 14.3 Å². The minimum Gasteiger partial charge on any atom is -0.493 e. The van der Waals surface area contributed by atoms with E-state index in [2.05, 4.69) is 19.9 Å². The normalized spacial score (nSPS) is 14.8. The summed E-state index contributed by atoms with van der Waals surface area (Å²) in [7, 11) is 1.65. The number of hydrogen-bond donors (Lipinski definition) is 0. The molecule has 0 N–H and O–H groups in total. The van der Waals surface area contributed by atoms with Crippen molar-refractivity contribution in [2.75, 3.05) is 26.9 Å². The van der Waals surface area contributed by atoms with Gasteiger partial charge in [0, 0.05) is 37.6 Å². The Morgan fingerprint density at radius 1 is 1.14 bits per heavy atom. The smallest absolute Gasteiger partial charge is 0.266 e. The number of aromatic nitrogens is 2. The van der Waals surface area contributed by atoms with Crippen LogP contribution in [0.5, 0.6) is 5.75 Å². The molecule has 0 bridgehead atoms. The number of ether oxygens (including phenoxy) is 2. The molecular formula is C29H33N3O3S2. The van der Waals surface area contributed by atoms with Crippen molar-refractivity contribution in [3.8, 4) is 22.7 Å². The maximum Gasteiger partial charge on any atom is 0.266 e. The topological polar surface area (TPSA) is 56.6 Å². The first-order valence-corrected chi connectivity index (χ1v) is 13.7. The van der Waals surface area contributed by atoms with E-state index in [1.165, 1.54) is 11.8 Å². The van der Waals surface area contributed by atoms with Gasteiger partial charge in [-0.25, -0.2) is 4.68 Å². The van der Waals surface area contributed by atoms with Gasteiger partial charge >= 0.3 is 0 Å². The lowest BCUT2D eigenvalue weighted by Gasteiger charge is -2.13. The van der Waals surface area contributed by atoms with Crippen molar-refractivity contribution in [1.29, 1.82) is 0 Å². The van der Waals surface area contributed by atoms with Gasteiger partial charge in [0.05, 0.1) is 17.2 Å². The number of benzene rings is 2. The molecule has 0 unspecified atom stereocenters. The summed E-state index contributed by atoms with van der Waals surface area (Å²) in [5.41, 5.74) is 4.61. The predicted octanol–water partition coefficient (Wildman–Crippen LogP) is 6.51. The number of nitrogens with zero attached hydrogens (tertiary/aromatic N) is 3. The van der Waals surface area contributed by atoms with Gasteiger partial charge in [-0.3, -0.25) is 9.69 Å². The van der Waals surface area contributed by atoms with Crippen LogP contribution in [0.1, 0.15) is 37.8 Å². The first-order valence-electron chi connectivity index (χ1n) is 12.5. The molecule has 2 heterocycles. The summed E-state index contributed by atoms with van der Waals surface area (Å²) in [6.45, 7) is 8.25. The number of rotatable bonds is 11. The van der Waals surface area contributed by atoms with Crippen LogP contribution < -0.4 is 4.74 Å². The first-order chi connectivity index (χ1) is 17.9. The number of para-hydroxylation sites is 1. The van der Waals surface area contributed by atoms with Crippen molar-refractivity contribution in [3.63, 3.8) is 0 Å². The SMILES string of the molecule is COCCCN1C(=O)C(=Cc2cn(-c3ccccc3)nc2-c2ccc(OCCC(C)C)c(C)c2)SC1=S. The van der Waals surface area contributed by atoms with Crippen molar-refractivity contribution in [2.45, 2.75) is 33.6 Å². The Labute approximate surface area is 228 Å². The third-order valence-corrected chi connectivity index (χ3v) is 7.43. The molecule has 0 saturated carbocycles. The van der Waals surface area contributed by atoms with Gasteiger partial charge in [-0.15, -0.1) is 0 Å². The Hall–Kier alpha value is -2.94. The fraction of sp³-hybridized carbons (Fsp3) is 0.345. The molecule has 1 saturated heterocycles. The highest BCUT2D eigenvalue weighted by molar-refractivity contribution is 8.26. The van der Waals surface area contributed by atoms with Gasteiger partial charge in [-0.2, -0.15) is 5.10 Å². The van der Waals surface area contributed by atoms with E-state index >= 15 is 0 Å². The fourth-order valence-corrected chi connectivity index (χ4v) is 5.29. The molecule has 4 rings (SSSR count). The molecule has 37 heavy (non-hydrogen) atoms. The Balaban J connectivity index is 1.67. The molecule has 0 atom stereocenters. The summed E-state index contributed by atoms with van der Waals surface area (Å²) < 4.78 is 13.6. The van der Waals surface area contributed by atoms with Gasteiger partial charge < -0.3 is 9.47 Å². The summed E-state index contributed by atoms with van der Waals surface area (Å²) in [6.07, 6.45) is 5.61. The van der Waals surface area contributed by atoms with E-state index in [9.17, 15) is 4.79 Å². The summed E-state index contributed by atoms with van der Waals surface area (Å²) in [4.78, 5) is 15.4. The Morgan fingerprint density at radius 2 is 1.92 bits per heavy atom. The third kappa shape index (κ3) is 6.69. The van der Waals surface area contributed by atoms with E-state index in [0.29, 0.717) is 34.9 Å². The number of amides is 1. The second-order valence-electron chi connectivity index (χ2n) is 9.40. The van der Waals surface area contributed by atoms with E-state index in [1.54, 1.807) is 12.0 Å². The highest BCUT2D eigenvalue weighted by Gasteiger charge is 2.32. The van der Waals surface area contributed by atoms with Crippen LogP contribution >= 0.6 is 24.0 Å². The largest absolute Gasteiger partial charge is 0.493 e. The van der Waals surface area contributed by atoms with Crippen LogP contribution in [0.3, 0.4) is 0 Å². The van der Waals surface area contributed by atoms with Crippen LogP contribution in [-0.4, -0.2) is 51.8 Å². The van der Waals surface area contributed by atoms with Crippen molar-refractivity contribution in [3.05, 3.63) is 70.8 Å². The van der Waals surface area contributed by atoms with E-state index in [0.717, 1.165) is 46.7 Å². The van der Waals surface area contributed by atoms with Crippen LogP contribution in [0.4, 0.5) is 0 Å². The zero-order valence-corrected chi connectivity index (χ0v) is 23.4. The van der Waals surface area contributed by atoms with E-state index in [4.69, 9.17) is 26.8 Å². The first kappa shape index (κ1) is 27.1. The molecule has 0 spiro atoms. The zero-order valence-electron chi connectivity index (χ0n) is 21.8. The Morgan fingerprint density at radius 3 is 2.62 bits per heavy atom. The Kier molecular flexibility index (Phi) is 9.18. The van der Waals surface area contributed by atoms with E-state index in [-0.39, 0.29) is 5.91 Å². The molecule has 0 radical (unpaired) electrons. The summed E-state index contributed by atoms with van der Waals surface area (Å²) in [6, 6.07) is 16.1. The third-order valence-electron chi connectivity index (χ3n) is 6.05. The molecule has 1 amide bonds. The summed E-state index contributed by atoms with van der Waals surface area (Å²) >= 11 is 6.83. The number of thioether (sulfide) groups is 1. The molecule has 2 aromatic carbocycles. The number of methoxy groups -OCH3 is 1. The molecular weight excluding hydrogens is 502 g/mol. The summed E-state index contributed by atoms with van der Waals surface area (Å²) in [5.74, 6) is 1.40. The molecule has 1 aromatic heterocycles. The molecule has 1 aliphatic heterocycles. The standard InChI is InChI=1S/C29H33N3O3S2/c1-20(2)13-16-35-25-12-11-22(17-21(25)3)27-23(19-32(30-27)24-9-6-5-7-10-24)18-26-28(33)31(29(36)37-26)14-8-15-34-4/h5-7,9-12,17-20H,8,13-16H2,1-4H3. The van der Waals surface area contributed by atoms with Gasteiger partial charge in [0.2, 0.25) is 0 Å². The van der Waals surface area contributed by atoms with Crippen molar-refractivity contribution in [2.24, 2.45) is 5.92 Å². The van der Waals surface area contributed by atoms with Gasteiger partial charge in [0.25, 0.3) is 5.91 Å². The van der Waals surface area contributed by atoms with Crippen LogP contribution in [0.15, 0.2) is 59.6 Å². The molecule has 6 nitrogen and oxygen atoms in total. The van der Waals surface area contributed by atoms with Crippen LogP contribution in [-0.2, 0) is 9.53 Å². The average Bonchev–Trinajstić information content (AvgIpc) is 3.42. The lowest BCUT2D eigenvalue weighted by Crippen LogP contribution is -2.29. The number of thiocarbonyl (C=S) groups is 1. The van der Waals surface area contributed by atoms with Crippen LogP contribution in [0.2, 0.25) is 0 Å². The van der Waals surface area contributed by atoms with E-state index in [1.807, 2.05) is 66.3 Å². The number of carbonyl (C=O) groups excluding carboxylic acids is 1. The number of aryl methyl sites for hydroxylation is 1. The maximum absolute atomic E-state index is 13.2. The second-order valence-corrected chi connectivity index (χ2v) is 11.1. The maximum atomic E-state index is 13.2. The average molecular weight is 536 g/mol. The number of hydrogen-bond acceptors (Lipinski definition) is 6. The minimum absolute atomic E-state index is 0.0744. The van der Waals surface area contributed by atoms with Gasteiger partial charge in [0.15, 0.2) is 0 Å². The van der Waals surface area contributed by atoms with Gasteiger partial charge in [0.1, 0.15) is 15.8 Å². The predicted molar refractivity (Wildman–Crippen MR) is 155 cm³/mol. The minimum atomic E-state index is -0.0744. The lowest BCUT2D eigenvalue weighted by atomic mass is 10.0. The van der Waals surface area contributed by atoms with Crippen LogP contribution in [0, 0.1) is 12.8 Å². The summed E-state index contributed by atoms with van der Waals surface area (Å²) in [5, 5.41) is 4.92. The monoisotopic (exact) mass is 535 g/mol. The highest BCUT2D eigenvalue weighted by Crippen LogP contribution is 2.35. The molecule has 0 aliphatic carbocycles. The molecule has 1 aliphatic rings. The quantitative estimate of drug-likeness (QED) is 0.158. The van der Waals surface area contributed by atoms with Gasteiger partial charge in [-0.05, 0) is 67.7 Å². The van der Waals surface area contributed by atoms with Gasteiger partial charge in [-0.1, -0.05) is 56.0 Å². The highest BCUT2D eigenvalue weighted by atomic mass is 32.2. The van der Waals surface area contributed by atoms with Crippen LogP contribution in [0.25, 0.3) is 23.0 Å². The molecule has 3 aromatic rings. The molecule has 194 valence electrons. The second kappa shape index (κ2) is 12.5. The lowest BCUT2D eigenvalue weighted by molar-refractivity contribution is -0.122. The molecule has 8 heteroatoms. The van der Waals surface area contributed by atoms with Crippen molar-refractivity contribution in [1.82, 2.24) is 14.7 Å². The molecule has 1 fully saturated rings. The van der Waals surface area contributed by atoms with Crippen molar-refractivity contribution >= 4 is 40.3 Å². The zero-order chi connectivity index (χ0) is 26.4. The fourth-order valence-electron chi connectivity index (χ4n) is 3.99. The Bertz CT molecular complexity index is 1280.